The first-order chi connectivity index (χ1) is 9.29. The Balaban J connectivity index is 1.97. The highest BCUT2D eigenvalue weighted by molar-refractivity contribution is 7.17. The van der Waals surface area contributed by atoms with Crippen LogP contribution in [0.5, 0.6) is 5.75 Å². The van der Waals surface area contributed by atoms with Crippen LogP contribution < -0.4 is 4.74 Å². The van der Waals surface area contributed by atoms with Crippen LogP contribution in [0.25, 0.3) is 16.2 Å². The van der Waals surface area contributed by atoms with Gasteiger partial charge in [0.05, 0.1) is 12.3 Å². The predicted octanol–water partition coefficient (Wildman–Crippen LogP) is 4.16. The van der Waals surface area contributed by atoms with Crippen molar-refractivity contribution in [1.82, 2.24) is 9.38 Å². The average Bonchev–Trinajstić information content (AvgIpc) is 2.97. The molecule has 19 heavy (non-hydrogen) atoms. The van der Waals surface area contributed by atoms with Crippen LogP contribution in [0, 0.1) is 6.92 Å². The van der Waals surface area contributed by atoms with Gasteiger partial charge in [-0.2, -0.15) is 0 Å². The fourth-order valence-corrected chi connectivity index (χ4v) is 3.11. The average molecular weight is 272 g/mol. The smallest absolute Gasteiger partial charge is 0.194 e. The van der Waals surface area contributed by atoms with Crippen LogP contribution in [-0.4, -0.2) is 16.0 Å². The summed E-state index contributed by atoms with van der Waals surface area (Å²) in [5.41, 5.74) is 2.42. The van der Waals surface area contributed by atoms with E-state index in [1.165, 1.54) is 16.1 Å². The van der Waals surface area contributed by atoms with Gasteiger partial charge in [-0.1, -0.05) is 6.92 Å². The number of aryl methyl sites for hydroxylation is 1. The second-order valence-electron chi connectivity index (χ2n) is 4.46. The Bertz CT molecular complexity index is 682. The molecule has 0 N–H and O–H groups in total. The number of benzene rings is 1. The van der Waals surface area contributed by atoms with Gasteiger partial charge in [-0.3, -0.25) is 4.40 Å². The molecule has 0 amide bonds. The Morgan fingerprint density at radius 1 is 1.26 bits per heavy atom. The second-order valence-corrected chi connectivity index (χ2v) is 5.64. The standard InChI is InChI=1S/C15H16N2OS/c1-3-10-18-13-6-4-12(5-7-13)14-11(2)19-15-16-8-9-17(14)15/h4-9H,3,10H2,1-2H3. The van der Waals surface area contributed by atoms with Gasteiger partial charge in [0.15, 0.2) is 4.96 Å². The van der Waals surface area contributed by atoms with Crippen molar-refractivity contribution >= 4 is 16.3 Å². The van der Waals surface area contributed by atoms with Crippen LogP contribution >= 0.6 is 11.3 Å². The van der Waals surface area contributed by atoms with Gasteiger partial charge in [0.2, 0.25) is 0 Å². The highest BCUT2D eigenvalue weighted by Crippen LogP contribution is 2.31. The van der Waals surface area contributed by atoms with Gasteiger partial charge in [-0.05, 0) is 43.2 Å². The molecule has 3 aromatic rings. The van der Waals surface area contributed by atoms with Crippen LogP contribution in [0.3, 0.4) is 0 Å². The van der Waals surface area contributed by atoms with E-state index in [0.29, 0.717) is 0 Å². The molecular weight excluding hydrogens is 256 g/mol. The van der Waals surface area contributed by atoms with Crippen molar-refractivity contribution < 1.29 is 4.74 Å². The fraction of sp³-hybridized carbons (Fsp3) is 0.267. The molecule has 1 aromatic carbocycles. The van der Waals surface area contributed by atoms with E-state index in [2.05, 4.69) is 35.4 Å². The summed E-state index contributed by atoms with van der Waals surface area (Å²) in [5, 5.41) is 0. The second kappa shape index (κ2) is 5.05. The van der Waals surface area contributed by atoms with Gasteiger partial charge in [0.1, 0.15) is 5.75 Å². The highest BCUT2D eigenvalue weighted by atomic mass is 32.1. The van der Waals surface area contributed by atoms with Crippen molar-refractivity contribution in [2.45, 2.75) is 20.3 Å². The zero-order valence-electron chi connectivity index (χ0n) is 11.1. The third kappa shape index (κ3) is 2.24. The Morgan fingerprint density at radius 3 is 2.79 bits per heavy atom. The maximum atomic E-state index is 5.61. The van der Waals surface area contributed by atoms with Crippen molar-refractivity contribution in [1.29, 1.82) is 0 Å². The number of imidazole rings is 1. The van der Waals surface area contributed by atoms with Gasteiger partial charge in [-0.15, -0.1) is 11.3 Å². The molecule has 2 heterocycles. The number of thiazole rings is 1. The van der Waals surface area contributed by atoms with E-state index in [1.807, 2.05) is 24.5 Å². The van der Waals surface area contributed by atoms with Gasteiger partial charge < -0.3 is 4.74 Å². The van der Waals surface area contributed by atoms with Crippen LogP contribution in [0.2, 0.25) is 0 Å². The molecule has 0 saturated heterocycles. The Morgan fingerprint density at radius 2 is 2.05 bits per heavy atom. The van der Waals surface area contributed by atoms with Gasteiger partial charge >= 0.3 is 0 Å². The zero-order chi connectivity index (χ0) is 13.2. The van der Waals surface area contributed by atoms with Crippen molar-refractivity contribution in [2.24, 2.45) is 0 Å². The molecular formula is C15H16N2OS. The van der Waals surface area contributed by atoms with Crippen LogP contribution in [0.4, 0.5) is 0 Å². The number of fused-ring (bicyclic) bond motifs is 1. The molecule has 0 bridgehead atoms. The maximum Gasteiger partial charge on any atom is 0.194 e. The lowest BCUT2D eigenvalue weighted by atomic mass is 10.1. The largest absolute Gasteiger partial charge is 0.494 e. The van der Waals surface area contributed by atoms with Crippen LogP contribution in [0.15, 0.2) is 36.7 Å². The molecule has 0 atom stereocenters. The Labute approximate surface area is 116 Å². The maximum absolute atomic E-state index is 5.61. The lowest BCUT2D eigenvalue weighted by Gasteiger charge is -2.06. The van der Waals surface area contributed by atoms with Crippen molar-refractivity contribution in [3.05, 3.63) is 41.5 Å². The minimum Gasteiger partial charge on any atom is -0.494 e. The summed E-state index contributed by atoms with van der Waals surface area (Å²) in [6.45, 7) is 5.01. The number of aromatic nitrogens is 2. The van der Waals surface area contributed by atoms with Crippen molar-refractivity contribution in [2.75, 3.05) is 6.61 Å². The van der Waals surface area contributed by atoms with E-state index in [4.69, 9.17) is 4.74 Å². The van der Waals surface area contributed by atoms with E-state index in [9.17, 15) is 0 Å². The monoisotopic (exact) mass is 272 g/mol. The summed E-state index contributed by atoms with van der Waals surface area (Å²) < 4.78 is 7.75. The minimum absolute atomic E-state index is 0.766. The van der Waals surface area contributed by atoms with Gasteiger partial charge in [-0.25, -0.2) is 4.98 Å². The molecule has 0 saturated carbocycles. The third-order valence-electron chi connectivity index (χ3n) is 3.03. The fourth-order valence-electron chi connectivity index (χ4n) is 2.16. The first kappa shape index (κ1) is 12.2. The third-order valence-corrected chi connectivity index (χ3v) is 4.01. The lowest BCUT2D eigenvalue weighted by Crippen LogP contribution is -1.94. The lowest BCUT2D eigenvalue weighted by molar-refractivity contribution is 0.317. The number of hydrogen-bond donors (Lipinski definition) is 0. The molecule has 0 unspecified atom stereocenters. The molecule has 4 heteroatoms. The first-order valence-electron chi connectivity index (χ1n) is 6.45. The number of hydrogen-bond acceptors (Lipinski definition) is 3. The number of rotatable bonds is 4. The topological polar surface area (TPSA) is 26.5 Å². The van der Waals surface area contributed by atoms with E-state index < -0.39 is 0 Å². The molecule has 0 radical (unpaired) electrons. The molecule has 0 aliphatic carbocycles. The molecule has 3 nitrogen and oxygen atoms in total. The molecule has 2 aromatic heterocycles. The Hall–Kier alpha value is -1.81. The first-order valence-corrected chi connectivity index (χ1v) is 7.27. The van der Waals surface area contributed by atoms with Crippen LogP contribution in [0.1, 0.15) is 18.2 Å². The molecule has 0 aliphatic heterocycles. The van der Waals surface area contributed by atoms with Crippen molar-refractivity contribution in [3.8, 4) is 17.0 Å². The van der Waals surface area contributed by atoms with E-state index in [1.54, 1.807) is 11.3 Å². The van der Waals surface area contributed by atoms with Crippen LogP contribution in [-0.2, 0) is 0 Å². The summed E-state index contributed by atoms with van der Waals surface area (Å²) in [5.74, 6) is 0.931. The predicted molar refractivity (Wildman–Crippen MR) is 79.0 cm³/mol. The molecule has 0 fully saturated rings. The summed E-state index contributed by atoms with van der Waals surface area (Å²) in [6, 6.07) is 8.29. The summed E-state index contributed by atoms with van der Waals surface area (Å²) in [6.07, 6.45) is 4.88. The van der Waals surface area contributed by atoms with E-state index in [-0.39, 0.29) is 0 Å². The zero-order valence-corrected chi connectivity index (χ0v) is 11.9. The summed E-state index contributed by atoms with van der Waals surface area (Å²) in [4.78, 5) is 6.66. The normalized spacial score (nSPS) is 11.1. The minimum atomic E-state index is 0.766. The number of ether oxygens (including phenoxy) is 1. The Kier molecular flexibility index (Phi) is 3.25. The van der Waals surface area contributed by atoms with E-state index >= 15 is 0 Å². The molecule has 98 valence electrons. The molecule has 3 rings (SSSR count). The van der Waals surface area contributed by atoms with Gasteiger partial charge in [0, 0.05) is 17.3 Å². The summed E-state index contributed by atoms with van der Waals surface area (Å²) in [7, 11) is 0. The molecule has 0 spiro atoms. The summed E-state index contributed by atoms with van der Waals surface area (Å²) >= 11 is 1.72. The SMILES string of the molecule is CCCOc1ccc(-c2c(C)sc3nccn23)cc1. The van der Waals surface area contributed by atoms with Gasteiger partial charge in [0.25, 0.3) is 0 Å². The van der Waals surface area contributed by atoms with E-state index in [0.717, 1.165) is 23.7 Å². The molecule has 0 aliphatic rings. The quantitative estimate of drug-likeness (QED) is 0.713. The van der Waals surface area contributed by atoms with Crippen molar-refractivity contribution in [3.63, 3.8) is 0 Å². The number of nitrogens with zero attached hydrogens (tertiary/aromatic N) is 2. The highest BCUT2D eigenvalue weighted by Gasteiger charge is 2.11.